The van der Waals surface area contributed by atoms with Gasteiger partial charge in [0.2, 0.25) is 5.91 Å². The average Bonchev–Trinajstić information content (AvgIpc) is 3.18. The number of hydrogen-bond acceptors (Lipinski definition) is 6. The van der Waals surface area contributed by atoms with Gasteiger partial charge in [0.25, 0.3) is 5.91 Å². The molecule has 0 bridgehead atoms. The lowest BCUT2D eigenvalue weighted by Crippen LogP contribution is -2.34. The van der Waals surface area contributed by atoms with E-state index in [2.05, 4.69) is 16.0 Å². The van der Waals surface area contributed by atoms with E-state index in [4.69, 9.17) is 21.7 Å². The molecule has 8 nitrogen and oxygen atoms in total. The SMILES string of the molecule is CCOC(=O)CCC(=O)NC(=S)Nc1cccc(C(=O)NCC2CCCO2)c1. The van der Waals surface area contributed by atoms with Gasteiger partial charge in [0.15, 0.2) is 5.11 Å². The number of benzene rings is 1. The quantitative estimate of drug-likeness (QED) is 0.445. The molecule has 1 aromatic carbocycles. The van der Waals surface area contributed by atoms with Gasteiger partial charge in [-0.05, 0) is 50.2 Å². The van der Waals surface area contributed by atoms with Crippen molar-refractivity contribution < 1.29 is 23.9 Å². The van der Waals surface area contributed by atoms with Crippen molar-refractivity contribution >= 4 is 40.8 Å². The van der Waals surface area contributed by atoms with E-state index < -0.39 is 11.9 Å². The number of esters is 1. The Balaban J connectivity index is 1.79. The standard InChI is InChI=1S/C19H25N3O5S/c1-2-26-17(24)9-8-16(23)22-19(28)21-14-6-3-5-13(11-14)18(25)20-12-15-7-4-10-27-15/h3,5-6,11,15H,2,4,7-10,12H2,1H3,(H,20,25)(H2,21,22,23,28). The molecule has 2 amide bonds. The number of hydrogen-bond donors (Lipinski definition) is 3. The molecule has 0 aromatic heterocycles. The van der Waals surface area contributed by atoms with Gasteiger partial charge in [0.05, 0.1) is 19.1 Å². The van der Waals surface area contributed by atoms with Crippen molar-refractivity contribution in [2.24, 2.45) is 0 Å². The molecule has 1 atom stereocenters. The number of carbonyl (C=O) groups excluding carboxylic acids is 3. The first-order valence-corrected chi connectivity index (χ1v) is 9.65. The molecule has 1 saturated heterocycles. The van der Waals surface area contributed by atoms with Gasteiger partial charge in [-0.1, -0.05) is 6.07 Å². The summed E-state index contributed by atoms with van der Waals surface area (Å²) >= 11 is 5.10. The van der Waals surface area contributed by atoms with E-state index >= 15 is 0 Å². The molecular formula is C19H25N3O5S. The van der Waals surface area contributed by atoms with Crippen LogP contribution in [-0.2, 0) is 19.1 Å². The summed E-state index contributed by atoms with van der Waals surface area (Å²) < 4.78 is 10.3. The number of anilines is 1. The third kappa shape index (κ3) is 7.61. The molecule has 1 unspecified atom stereocenters. The minimum absolute atomic E-state index is 0.0113. The van der Waals surface area contributed by atoms with E-state index in [0.29, 0.717) is 17.8 Å². The maximum Gasteiger partial charge on any atom is 0.306 e. The Hall–Kier alpha value is -2.52. The van der Waals surface area contributed by atoms with Gasteiger partial charge in [0.1, 0.15) is 0 Å². The van der Waals surface area contributed by atoms with Crippen LogP contribution in [0.5, 0.6) is 0 Å². The van der Waals surface area contributed by atoms with Crippen LogP contribution < -0.4 is 16.0 Å². The third-order valence-corrected chi connectivity index (χ3v) is 4.22. The highest BCUT2D eigenvalue weighted by Gasteiger charge is 2.17. The Morgan fingerprint density at radius 2 is 2.11 bits per heavy atom. The van der Waals surface area contributed by atoms with Gasteiger partial charge < -0.3 is 25.4 Å². The molecule has 1 aromatic rings. The number of rotatable bonds is 8. The third-order valence-electron chi connectivity index (χ3n) is 4.01. The fourth-order valence-corrected chi connectivity index (χ4v) is 2.88. The zero-order valence-electron chi connectivity index (χ0n) is 15.8. The molecule has 152 valence electrons. The van der Waals surface area contributed by atoms with Gasteiger partial charge in [-0.2, -0.15) is 0 Å². The van der Waals surface area contributed by atoms with Crippen LogP contribution in [0.2, 0.25) is 0 Å². The Bertz CT molecular complexity index is 719. The molecule has 1 aliphatic rings. The molecule has 0 saturated carbocycles. The van der Waals surface area contributed by atoms with Crippen LogP contribution in [0.4, 0.5) is 5.69 Å². The van der Waals surface area contributed by atoms with Crippen molar-refractivity contribution in [3.63, 3.8) is 0 Å². The fraction of sp³-hybridized carbons (Fsp3) is 0.474. The predicted octanol–water partition coefficient (Wildman–Crippen LogP) is 1.75. The largest absolute Gasteiger partial charge is 0.466 e. The van der Waals surface area contributed by atoms with Gasteiger partial charge >= 0.3 is 5.97 Å². The summed E-state index contributed by atoms with van der Waals surface area (Å²) in [4.78, 5) is 35.4. The molecule has 0 aliphatic carbocycles. The summed E-state index contributed by atoms with van der Waals surface area (Å²) in [5, 5.41) is 8.29. The zero-order valence-corrected chi connectivity index (χ0v) is 16.6. The first-order valence-electron chi connectivity index (χ1n) is 9.24. The first-order chi connectivity index (χ1) is 13.5. The van der Waals surface area contributed by atoms with Crippen LogP contribution in [0.25, 0.3) is 0 Å². The zero-order chi connectivity index (χ0) is 20.4. The Kier molecular flexibility index (Phi) is 8.83. The highest BCUT2D eigenvalue weighted by atomic mass is 32.1. The second kappa shape index (κ2) is 11.4. The minimum atomic E-state index is -0.432. The first kappa shape index (κ1) is 21.8. The van der Waals surface area contributed by atoms with Crippen LogP contribution >= 0.6 is 12.2 Å². The molecule has 0 radical (unpaired) electrons. The summed E-state index contributed by atoms with van der Waals surface area (Å²) in [6, 6.07) is 6.78. The van der Waals surface area contributed by atoms with Crippen molar-refractivity contribution in [2.75, 3.05) is 25.1 Å². The summed E-state index contributed by atoms with van der Waals surface area (Å²) in [5.74, 6) is -1.03. The van der Waals surface area contributed by atoms with Gasteiger partial charge in [-0.15, -0.1) is 0 Å². The van der Waals surface area contributed by atoms with Gasteiger partial charge in [-0.25, -0.2) is 0 Å². The monoisotopic (exact) mass is 407 g/mol. The van der Waals surface area contributed by atoms with E-state index in [1.54, 1.807) is 31.2 Å². The average molecular weight is 407 g/mol. The van der Waals surface area contributed by atoms with E-state index in [1.807, 2.05) is 0 Å². The number of amides is 2. The predicted molar refractivity (Wildman–Crippen MR) is 108 cm³/mol. The van der Waals surface area contributed by atoms with Crippen LogP contribution in [0.15, 0.2) is 24.3 Å². The summed E-state index contributed by atoms with van der Waals surface area (Å²) in [6.07, 6.45) is 2.01. The van der Waals surface area contributed by atoms with Crippen LogP contribution in [0.3, 0.4) is 0 Å². The summed E-state index contributed by atoms with van der Waals surface area (Å²) in [5.41, 5.74) is 1.04. The van der Waals surface area contributed by atoms with Gasteiger partial charge in [-0.3, -0.25) is 14.4 Å². The second-order valence-corrected chi connectivity index (χ2v) is 6.64. The van der Waals surface area contributed by atoms with Crippen molar-refractivity contribution in [1.29, 1.82) is 0 Å². The highest BCUT2D eigenvalue weighted by molar-refractivity contribution is 7.80. The van der Waals surface area contributed by atoms with E-state index in [0.717, 1.165) is 19.4 Å². The second-order valence-electron chi connectivity index (χ2n) is 6.23. The van der Waals surface area contributed by atoms with Crippen LogP contribution in [0.1, 0.15) is 43.0 Å². The highest BCUT2D eigenvalue weighted by Crippen LogP contribution is 2.13. The Labute approximate surface area is 169 Å². The van der Waals surface area contributed by atoms with Gasteiger partial charge in [0, 0.05) is 30.8 Å². The molecule has 1 fully saturated rings. The molecule has 2 rings (SSSR count). The maximum absolute atomic E-state index is 12.3. The maximum atomic E-state index is 12.3. The Morgan fingerprint density at radius 1 is 1.29 bits per heavy atom. The summed E-state index contributed by atoms with van der Waals surface area (Å²) in [7, 11) is 0. The Morgan fingerprint density at radius 3 is 2.82 bits per heavy atom. The van der Waals surface area contributed by atoms with E-state index in [9.17, 15) is 14.4 Å². The lowest BCUT2D eigenvalue weighted by Gasteiger charge is -2.12. The van der Waals surface area contributed by atoms with Crippen LogP contribution in [-0.4, -0.2) is 48.8 Å². The number of nitrogens with one attached hydrogen (secondary N) is 3. The number of thiocarbonyl (C=S) groups is 1. The molecule has 3 N–H and O–H groups in total. The molecule has 9 heteroatoms. The molecular weight excluding hydrogens is 382 g/mol. The molecule has 1 aliphatic heterocycles. The fourth-order valence-electron chi connectivity index (χ4n) is 2.65. The molecule has 0 spiro atoms. The number of ether oxygens (including phenoxy) is 2. The van der Waals surface area contributed by atoms with Crippen molar-refractivity contribution in [2.45, 2.75) is 38.7 Å². The smallest absolute Gasteiger partial charge is 0.306 e. The van der Waals surface area contributed by atoms with Crippen molar-refractivity contribution in [3.8, 4) is 0 Å². The normalized spacial score (nSPS) is 15.5. The molecule has 1 heterocycles. The van der Waals surface area contributed by atoms with E-state index in [-0.39, 0.29) is 36.6 Å². The number of carbonyl (C=O) groups is 3. The lowest BCUT2D eigenvalue weighted by atomic mass is 10.1. The lowest BCUT2D eigenvalue weighted by molar-refractivity contribution is -0.144. The minimum Gasteiger partial charge on any atom is -0.466 e. The summed E-state index contributed by atoms with van der Waals surface area (Å²) in [6.45, 7) is 3.19. The molecule has 28 heavy (non-hydrogen) atoms. The topological polar surface area (TPSA) is 106 Å². The van der Waals surface area contributed by atoms with Crippen LogP contribution in [0, 0.1) is 0 Å². The van der Waals surface area contributed by atoms with Crippen molar-refractivity contribution in [3.05, 3.63) is 29.8 Å². The van der Waals surface area contributed by atoms with E-state index in [1.165, 1.54) is 0 Å². The van der Waals surface area contributed by atoms with Crippen molar-refractivity contribution in [1.82, 2.24) is 10.6 Å².